The number of carboxylic acids is 1. The van der Waals surface area contributed by atoms with Crippen LogP contribution in [0.5, 0.6) is 0 Å². The highest BCUT2D eigenvalue weighted by Crippen LogP contribution is 2.52. The molecule has 2 aliphatic carbocycles. The van der Waals surface area contributed by atoms with Crippen LogP contribution >= 0.6 is 0 Å². The van der Waals surface area contributed by atoms with Crippen LogP contribution in [0.1, 0.15) is 44.2 Å². The van der Waals surface area contributed by atoms with Crippen molar-refractivity contribution in [1.82, 2.24) is 20.3 Å². The molecule has 2 fully saturated rings. The minimum absolute atomic E-state index is 0.121. The summed E-state index contributed by atoms with van der Waals surface area (Å²) in [6.07, 6.45) is 7.93. The van der Waals surface area contributed by atoms with Gasteiger partial charge in [0.25, 0.3) is 0 Å². The average Bonchev–Trinajstić information content (AvgIpc) is 3.07. The molecule has 0 unspecified atom stereocenters. The molecule has 1 aromatic carbocycles. The Bertz CT molecular complexity index is 727. The number of nitrogens with zero attached hydrogens (tertiary/aromatic N) is 3. The average molecular weight is 340 g/mol. The zero-order valence-electron chi connectivity index (χ0n) is 14.3. The fourth-order valence-electron chi connectivity index (χ4n) is 4.43. The van der Waals surface area contributed by atoms with E-state index in [1.807, 2.05) is 41.2 Å². The molecule has 6 nitrogen and oxygen atoms in total. The number of aliphatic carboxylic acids is 1. The summed E-state index contributed by atoms with van der Waals surface area (Å²) in [6, 6.07) is 10.6. The fourth-order valence-corrected chi connectivity index (χ4v) is 4.43. The van der Waals surface area contributed by atoms with Crippen molar-refractivity contribution in [2.24, 2.45) is 11.3 Å². The third-order valence-corrected chi connectivity index (χ3v) is 5.95. The summed E-state index contributed by atoms with van der Waals surface area (Å²) < 4.78 is 1.87. The first-order valence-corrected chi connectivity index (χ1v) is 9.06. The van der Waals surface area contributed by atoms with Gasteiger partial charge in [0, 0.05) is 12.6 Å². The molecule has 0 bridgehead atoms. The van der Waals surface area contributed by atoms with Crippen molar-refractivity contribution in [1.29, 1.82) is 0 Å². The Morgan fingerprint density at radius 3 is 2.64 bits per heavy atom. The van der Waals surface area contributed by atoms with Crippen LogP contribution < -0.4 is 5.32 Å². The maximum Gasteiger partial charge on any atom is 0.306 e. The van der Waals surface area contributed by atoms with Crippen LogP contribution in [0, 0.1) is 11.3 Å². The van der Waals surface area contributed by atoms with E-state index in [2.05, 4.69) is 15.6 Å². The van der Waals surface area contributed by atoms with Crippen molar-refractivity contribution in [3.05, 3.63) is 42.2 Å². The zero-order chi connectivity index (χ0) is 17.3. The van der Waals surface area contributed by atoms with Crippen molar-refractivity contribution in [3.63, 3.8) is 0 Å². The van der Waals surface area contributed by atoms with Crippen LogP contribution in [0.15, 0.2) is 36.5 Å². The molecule has 132 valence electrons. The lowest BCUT2D eigenvalue weighted by molar-refractivity contribution is -0.144. The number of carbonyl (C=O) groups is 1. The lowest BCUT2D eigenvalue weighted by Gasteiger charge is -2.51. The monoisotopic (exact) mass is 340 g/mol. The molecule has 0 saturated heterocycles. The molecule has 1 heterocycles. The zero-order valence-corrected chi connectivity index (χ0v) is 14.3. The predicted octanol–water partition coefficient (Wildman–Crippen LogP) is 2.78. The first-order valence-electron chi connectivity index (χ1n) is 9.06. The Labute approximate surface area is 147 Å². The van der Waals surface area contributed by atoms with Gasteiger partial charge < -0.3 is 10.4 Å². The molecule has 2 saturated carbocycles. The van der Waals surface area contributed by atoms with E-state index in [1.54, 1.807) is 0 Å². The number of benzene rings is 1. The molecule has 0 aliphatic heterocycles. The Balaban J connectivity index is 1.29. The van der Waals surface area contributed by atoms with Gasteiger partial charge >= 0.3 is 5.97 Å². The maximum atomic E-state index is 11.1. The fraction of sp³-hybridized carbons (Fsp3) is 0.526. The molecular formula is C19H24N4O2. The van der Waals surface area contributed by atoms with Gasteiger partial charge in [0.2, 0.25) is 0 Å². The van der Waals surface area contributed by atoms with E-state index in [0.29, 0.717) is 11.5 Å². The van der Waals surface area contributed by atoms with Gasteiger partial charge in [0.05, 0.1) is 23.5 Å². The molecule has 2 aliphatic rings. The van der Waals surface area contributed by atoms with Crippen molar-refractivity contribution >= 4 is 5.97 Å². The third-order valence-electron chi connectivity index (χ3n) is 5.95. The molecular weight excluding hydrogens is 316 g/mol. The second-order valence-corrected chi connectivity index (χ2v) is 7.57. The molecule has 4 rings (SSSR count). The van der Waals surface area contributed by atoms with Crippen LogP contribution in [-0.4, -0.2) is 32.1 Å². The quantitative estimate of drug-likeness (QED) is 0.875. The van der Waals surface area contributed by atoms with Crippen LogP contribution in [0.2, 0.25) is 0 Å². The first-order chi connectivity index (χ1) is 12.2. The summed E-state index contributed by atoms with van der Waals surface area (Å²) in [5, 5.41) is 21.0. The van der Waals surface area contributed by atoms with Gasteiger partial charge in [-0.3, -0.25) is 4.79 Å². The summed E-state index contributed by atoms with van der Waals surface area (Å²) in [5.74, 6) is -0.741. The number of nitrogens with one attached hydrogen (secondary N) is 1. The normalized spacial score (nSPS) is 28.6. The van der Waals surface area contributed by atoms with Gasteiger partial charge in [-0.05, 0) is 56.1 Å². The van der Waals surface area contributed by atoms with Gasteiger partial charge in [-0.1, -0.05) is 23.4 Å². The molecule has 6 heteroatoms. The highest BCUT2D eigenvalue weighted by atomic mass is 16.4. The standard InChI is InChI=1S/C19H24N4O2/c24-18(25)14-6-8-19(9-7-14)10-15(11-19)20-12-17-13-21-22-23(17)16-4-2-1-3-5-16/h1-5,13-15,20H,6-12H2,(H,24,25). The smallest absolute Gasteiger partial charge is 0.306 e. The van der Waals surface area contributed by atoms with Crippen molar-refractivity contribution in [2.75, 3.05) is 0 Å². The molecule has 0 radical (unpaired) electrons. The second-order valence-electron chi connectivity index (χ2n) is 7.57. The maximum absolute atomic E-state index is 11.1. The molecule has 2 N–H and O–H groups in total. The van der Waals surface area contributed by atoms with Crippen molar-refractivity contribution in [3.8, 4) is 5.69 Å². The van der Waals surface area contributed by atoms with Crippen LogP contribution in [0.25, 0.3) is 5.69 Å². The topological polar surface area (TPSA) is 80.0 Å². The van der Waals surface area contributed by atoms with E-state index >= 15 is 0 Å². The van der Waals surface area contributed by atoms with Gasteiger partial charge in [0.15, 0.2) is 0 Å². The van der Waals surface area contributed by atoms with E-state index in [1.165, 1.54) is 0 Å². The van der Waals surface area contributed by atoms with Crippen molar-refractivity contribution < 1.29 is 9.90 Å². The summed E-state index contributed by atoms with van der Waals surface area (Å²) in [6.45, 7) is 0.750. The van der Waals surface area contributed by atoms with Crippen LogP contribution in [0.3, 0.4) is 0 Å². The van der Waals surface area contributed by atoms with E-state index < -0.39 is 5.97 Å². The van der Waals surface area contributed by atoms with E-state index in [0.717, 1.165) is 56.5 Å². The minimum atomic E-state index is -0.620. The number of rotatable bonds is 5. The Morgan fingerprint density at radius 1 is 1.24 bits per heavy atom. The highest BCUT2D eigenvalue weighted by Gasteiger charge is 2.46. The number of aromatic nitrogens is 3. The highest BCUT2D eigenvalue weighted by molar-refractivity contribution is 5.70. The van der Waals surface area contributed by atoms with Crippen molar-refractivity contribution in [2.45, 2.75) is 51.1 Å². The van der Waals surface area contributed by atoms with Gasteiger partial charge in [-0.2, -0.15) is 0 Å². The number of carboxylic acid groups (broad SMARTS) is 1. The number of hydrogen-bond donors (Lipinski definition) is 2. The van der Waals surface area contributed by atoms with E-state index in [-0.39, 0.29) is 5.92 Å². The molecule has 2 aromatic rings. The lowest BCUT2D eigenvalue weighted by atomic mass is 9.57. The summed E-state index contributed by atoms with van der Waals surface area (Å²) in [7, 11) is 0. The summed E-state index contributed by atoms with van der Waals surface area (Å²) in [5.41, 5.74) is 2.47. The molecule has 0 atom stereocenters. The van der Waals surface area contributed by atoms with E-state index in [4.69, 9.17) is 5.11 Å². The van der Waals surface area contributed by atoms with E-state index in [9.17, 15) is 4.79 Å². The van der Waals surface area contributed by atoms with Gasteiger partial charge in [0.1, 0.15) is 0 Å². The Hall–Kier alpha value is -2.21. The predicted molar refractivity (Wildman–Crippen MR) is 93.2 cm³/mol. The molecule has 1 spiro atoms. The summed E-state index contributed by atoms with van der Waals surface area (Å²) >= 11 is 0. The van der Waals surface area contributed by atoms with Gasteiger partial charge in [-0.15, -0.1) is 5.10 Å². The minimum Gasteiger partial charge on any atom is -0.481 e. The lowest BCUT2D eigenvalue weighted by Crippen LogP contribution is -2.50. The first kappa shape index (κ1) is 16.3. The number of para-hydroxylation sites is 1. The largest absolute Gasteiger partial charge is 0.481 e. The second kappa shape index (κ2) is 6.59. The Kier molecular flexibility index (Phi) is 4.29. The molecule has 25 heavy (non-hydrogen) atoms. The molecule has 0 amide bonds. The summed E-state index contributed by atoms with van der Waals surface area (Å²) in [4.78, 5) is 11.1. The molecule has 1 aromatic heterocycles. The van der Waals surface area contributed by atoms with Crippen LogP contribution in [0.4, 0.5) is 0 Å². The SMILES string of the molecule is O=C(O)C1CCC2(CC1)CC(NCc1cnnn1-c1ccccc1)C2. The number of hydrogen-bond acceptors (Lipinski definition) is 4. The van der Waals surface area contributed by atoms with Gasteiger partial charge in [-0.25, -0.2) is 4.68 Å². The third kappa shape index (κ3) is 3.31. The van der Waals surface area contributed by atoms with Crippen LogP contribution in [-0.2, 0) is 11.3 Å². The Morgan fingerprint density at radius 2 is 1.96 bits per heavy atom.